The maximum Gasteiger partial charge on any atom is 2.00 e. The van der Waals surface area contributed by atoms with Crippen molar-refractivity contribution in [1.29, 1.82) is 0 Å². The van der Waals surface area contributed by atoms with Gasteiger partial charge in [-0.25, -0.2) is 0 Å². The molecule has 0 aromatic heterocycles. The Bertz CT molecular complexity index is 383. The third-order valence-corrected chi connectivity index (χ3v) is 1.93. The van der Waals surface area contributed by atoms with Crippen molar-refractivity contribution < 1.29 is 21.1 Å². The molecule has 0 unspecified atom stereocenters. The van der Waals surface area contributed by atoms with Crippen molar-refractivity contribution in [3.63, 3.8) is 0 Å². The van der Waals surface area contributed by atoms with Crippen LogP contribution in [0.3, 0.4) is 0 Å². The molecule has 2 aromatic rings. The summed E-state index contributed by atoms with van der Waals surface area (Å²) in [5, 5.41) is 0. The molecule has 0 bridgehead atoms. The van der Waals surface area contributed by atoms with E-state index in [1.807, 2.05) is 64.1 Å². The number of hydrogen-bond donors (Lipinski definition) is 0. The first-order valence-electron chi connectivity index (χ1n) is 9.83. The molecule has 0 spiro atoms. The summed E-state index contributed by atoms with van der Waals surface area (Å²) < 4.78 is 0. The average molecular weight is 526 g/mol. The largest absolute Gasteiger partial charge is 2.00 e. The Morgan fingerprint density at radius 2 is 0.885 bits per heavy atom. The summed E-state index contributed by atoms with van der Waals surface area (Å²) in [6.07, 6.45) is 0.918. The van der Waals surface area contributed by atoms with Crippen LogP contribution < -0.4 is 0 Å². The van der Waals surface area contributed by atoms with Gasteiger partial charge in [0.25, 0.3) is 0 Å². The van der Waals surface area contributed by atoms with Gasteiger partial charge in [-0.3, -0.25) is 0 Å². The first-order valence-corrected chi connectivity index (χ1v) is 9.83. The first-order chi connectivity index (χ1) is 11.9. The molecule has 2 rings (SSSR count). The molecule has 1 heteroatoms. The van der Waals surface area contributed by atoms with Crippen molar-refractivity contribution in [3.05, 3.63) is 71.8 Å². The smallest absolute Gasteiger partial charge is 0.180 e. The second-order valence-corrected chi connectivity index (χ2v) is 6.42. The van der Waals surface area contributed by atoms with Crippen LogP contribution in [0.5, 0.6) is 0 Å². The van der Waals surface area contributed by atoms with Gasteiger partial charge >= 0.3 is 21.1 Å². The molecular formula is C25H42W. The number of benzene rings is 2. The zero-order chi connectivity index (χ0) is 20.1. The summed E-state index contributed by atoms with van der Waals surface area (Å²) in [5.74, 6) is 1.67. The van der Waals surface area contributed by atoms with E-state index in [9.17, 15) is 0 Å². The van der Waals surface area contributed by atoms with Gasteiger partial charge in [0.2, 0.25) is 0 Å². The maximum atomic E-state index is 3.20. The topological polar surface area (TPSA) is 0 Å². The summed E-state index contributed by atoms with van der Waals surface area (Å²) in [4.78, 5) is 0. The molecule has 0 saturated carbocycles. The van der Waals surface area contributed by atoms with E-state index in [2.05, 4.69) is 65.8 Å². The van der Waals surface area contributed by atoms with Crippen molar-refractivity contribution in [3.8, 4) is 0 Å². The molecule has 0 radical (unpaired) electrons. The molecule has 0 atom stereocenters. The van der Waals surface area contributed by atoms with E-state index in [0.29, 0.717) is 0 Å². The minimum absolute atomic E-state index is 0. The second kappa shape index (κ2) is 26.4. The van der Waals surface area contributed by atoms with Gasteiger partial charge in [-0.05, 0) is 18.3 Å². The molecule has 0 aliphatic heterocycles. The quantitative estimate of drug-likeness (QED) is 0.346. The molecule has 2 aromatic carbocycles. The normalized spacial score (nSPS) is 8.15. The third kappa shape index (κ3) is 31.0. The van der Waals surface area contributed by atoms with Crippen LogP contribution in [0.15, 0.2) is 48.5 Å². The fraction of sp³-hybridized carbons (Fsp3) is 0.520. The molecular weight excluding hydrogens is 484 g/mol. The van der Waals surface area contributed by atoms with E-state index < -0.39 is 0 Å². The van der Waals surface area contributed by atoms with Gasteiger partial charge in [-0.1, -0.05) is 69.2 Å². The van der Waals surface area contributed by atoms with E-state index in [1.165, 1.54) is 11.1 Å². The monoisotopic (exact) mass is 526 g/mol. The van der Waals surface area contributed by atoms with Gasteiger partial charge in [-0.15, -0.1) is 0 Å². The third-order valence-electron chi connectivity index (χ3n) is 1.93. The second-order valence-electron chi connectivity index (χ2n) is 6.42. The number of hydrogen-bond acceptors (Lipinski definition) is 0. The minimum atomic E-state index is 0. The zero-order valence-electron chi connectivity index (χ0n) is 18.9. The summed E-state index contributed by atoms with van der Waals surface area (Å²) in [6, 6.07) is 22.5. The average Bonchev–Trinajstić information content (AvgIpc) is 2.59. The fourth-order valence-electron chi connectivity index (χ4n) is 1.29. The van der Waals surface area contributed by atoms with Crippen LogP contribution >= 0.6 is 0 Å². The molecule has 0 fully saturated rings. The molecule has 0 heterocycles. The summed E-state index contributed by atoms with van der Waals surface area (Å²) in [6.45, 7) is 21.0. The van der Waals surface area contributed by atoms with Crippen molar-refractivity contribution >= 4 is 0 Å². The zero-order valence-corrected chi connectivity index (χ0v) is 21.8. The standard InChI is InChI=1S/C13H10.2C4H10.2C2H6.W/c1-3-7-12(8-4-1)11-13-9-5-2-6-10-13;2*1-4(2)3;2*1-2;/h1-7,9H,11H2;2*4H,1-3H3;2*1-2H3;/q-2;;;;;+2. The van der Waals surface area contributed by atoms with Crippen LogP contribution in [0.25, 0.3) is 0 Å². The Balaban J connectivity index is -0.000000158. The maximum absolute atomic E-state index is 3.20. The first kappa shape index (κ1) is 32.8. The van der Waals surface area contributed by atoms with Gasteiger partial charge in [-0.2, -0.15) is 71.8 Å². The van der Waals surface area contributed by atoms with E-state index >= 15 is 0 Å². The predicted molar refractivity (Wildman–Crippen MR) is 117 cm³/mol. The predicted octanol–water partition coefficient (Wildman–Crippen LogP) is 8.25. The van der Waals surface area contributed by atoms with Gasteiger partial charge in [0, 0.05) is 0 Å². The Morgan fingerprint density at radius 3 is 1.08 bits per heavy atom. The summed E-state index contributed by atoms with van der Waals surface area (Å²) in [7, 11) is 0. The van der Waals surface area contributed by atoms with Gasteiger partial charge in [0.05, 0.1) is 0 Å². The molecule has 0 amide bonds. The van der Waals surface area contributed by atoms with Crippen molar-refractivity contribution in [2.45, 2.75) is 75.7 Å². The Hall–Kier alpha value is -0.872. The van der Waals surface area contributed by atoms with Crippen molar-refractivity contribution in [2.75, 3.05) is 0 Å². The van der Waals surface area contributed by atoms with E-state index in [0.717, 1.165) is 18.3 Å². The molecule has 0 aliphatic rings. The van der Waals surface area contributed by atoms with Crippen LogP contribution in [0, 0.1) is 24.0 Å². The molecule has 148 valence electrons. The van der Waals surface area contributed by atoms with Crippen molar-refractivity contribution in [1.82, 2.24) is 0 Å². The molecule has 26 heavy (non-hydrogen) atoms. The Kier molecular flexibility index (Phi) is 33.2. The molecule has 0 aliphatic carbocycles. The van der Waals surface area contributed by atoms with Crippen LogP contribution in [0.4, 0.5) is 0 Å². The molecule has 0 N–H and O–H groups in total. The minimum Gasteiger partial charge on any atom is -0.180 e. The van der Waals surface area contributed by atoms with Gasteiger partial charge < -0.3 is 0 Å². The van der Waals surface area contributed by atoms with Crippen molar-refractivity contribution in [2.24, 2.45) is 11.8 Å². The summed E-state index contributed by atoms with van der Waals surface area (Å²) >= 11 is 0. The van der Waals surface area contributed by atoms with E-state index in [4.69, 9.17) is 0 Å². The Labute approximate surface area is 180 Å². The van der Waals surface area contributed by atoms with Crippen LogP contribution in [-0.2, 0) is 27.5 Å². The van der Waals surface area contributed by atoms with Crippen LogP contribution in [-0.4, -0.2) is 0 Å². The molecule has 0 nitrogen and oxygen atoms in total. The summed E-state index contributed by atoms with van der Waals surface area (Å²) in [5.41, 5.74) is 2.43. The van der Waals surface area contributed by atoms with Crippen LogP contribution in [0.1, 0.15) is 80.4 Å². The molecule has 0 saturated heterocycles. The van der Waals surface area contributed by atoms with Gasteiger partial charge in [0.15, 0.2) is 0 Å². The van der Waals surface area contributed by atoms with E-state index in [-0.39, 0.29) is 21.1 Å². The van der Waals surface area contributed by atoms with Crippen LogP contribution in [0.2, 0.25) is 0 Å². The van der Waals surface area contributed by atoms with Gasteiger partial charge in [0.1, 0.15) is 0 Å². The number of rotatable bonds is 2. The SMILES string of the molecule is CC.CC.CC(C)C.CC(C)C.[W+2].[c-]1ccccc1Cc1[c-]cccc1. The Morgan fingerprint density at radius 1 is 0.615 bits per heavy atom. The fourth-order valence-corrected chi connectivity index (χ4v) is 1.29. The van der Waals surface area contributed by atoms with E-state index in [1.54, 1.807) is 0 Å².